The maximum absolute atomic E-state index is 6.05. The highest BCUT2D eigenvalue weighted by molar-refractivity contribution is 7.21. The van der Waals surface area contributed by atoms with Crippen LogP contribution in [0.4, 0.5) is 0 Å². The fraction of sp³-hybridized carbons (Fsp3) is 0.0870. The summed E-state index contributed by atoms with van der Waals surface area (Å²) >= 11 is 7.81. The Morgan fingerprint density at radius 1 is 0.926 bits per heavy atom. The number of benzene rings is 3. The minimum Gasteiger partial charge on any atom is -0.340 e. The third-order valence-corrected chi connectivity index (χ3v) is 6.30. The Morgan fingerprint density at radius 3 is 2.48 bits per heavy atom. The Morgan fingerprint density at radius 2 is 1.67 bits per heavy atom. The van der Waals surface area contributed by atoms with Crippen LogP contribution in [0.1, 0.15) is 11.3 Å². The summed E-state index contributed by atoms with van der Waals surface area (Å²) < 4.78 is 3.60. The smallest absolute Gasteiger partial charge is 0.127 e. The van der Waals surface area contributed by atoms with Crippen molar-refractivity contribution in [3.05, 3.63) is 89.1 Å². The highest BCUT2D eigenvalue weighted by Crippen LogP contribution is 2.38. The molecule has 0 amide bonds. The van der Waals surface area contributed by atoms with Crippen LogP contribution >= 0.6 is 22.9 Å². The summed E-state index contributed by atoms with van der Waals surface area (Å²) in [5.41, 5.74) is 6.01. The summed E-state index contributed by atoms with van der Waals surface area (Å²) in [6.45, 7) is 3.01. The average molecular weight is 389 g/mol. The average Bonchev–Trinajstić information content (AvgIpc) is 3.22. The molecule has 2 nitrogen and oxygen atoms in total. The third-order valence-electron chi connectivity index (χ3n) is 4.99. The molecular weight excluding hydrogens is 372 g/mol. The number of halogens is 1. The van der Waals surface area contributed by atoms with Gasteiger partial charge in [0.1, 0.15) is 5.01 Å². The molecule has 0 spiro atoms. The van der Waals surface area contributed by atoms with Gasteiger partial charge in [-0.05, 0) is 42.8 Å². The molecule has 0 N–H and O–H groups in total. The van der Waals surface area contributed by atoms with Crippen LogP contribution in [0.3, 0.4) is 0 Å². The summed E-state index contributed by atoms with van der Waals surface area (Å²) in [6, 6.07) is 25.0. The van der Waals surface area contributed by atoms with E-state index in [2.05, 4.69) is 66.1 Å². The van der Waals surface area contributed by atoms with Gasteiger partial charge in [0.15, 0.2) is 0 Å². The van der Waals surface area contributed by atoms with E-state index in [4.69, 9.17) is 16.6 Å². The number of para-hydroxylation sites is 2. The molecule has 3 aromatic carbocycles. The lowest BCUT2D eigenvalue weighted by molar-refractivity contribution is 0.806. The van der Waals surface area contributed by atoms with Gasteiger partial charge in [0, 0.05) is 33.7 Å². The van der Waals surface area contributed by atoms with Gasteiger partial charge in [-0.3, -0.25) is 0 Å². The third kappa shape index (κ3) is 2.84. The fourth-order valence-corrected chi connectivity index (χ4v) is 4.86. The van der Waals surface area contributed by atoms with Crippen LogP contribution in [0.25, 0.3) is 31.7 Å². The molecule has 0 saturated carbocycles. The van der Waals surface area contributed by atoms with E-state index in [0.29, 0.717) is 0 Å². The summed E-state index contributed by atoms with van der Waals surface area (Å²) in [4.78, 5) is 4.91. The minimum atomic E-state index is 0.767. The molecule has 0 saturated heterocycles. The number of rotatable bonds is 3. The van der Waals surface area contributed by atoms with Crippen molar-refractivity contribution in [3.63, 3.8) is 0 Å². The summed E-state index contributed by atoms with van der Waals surface area (Å²) in [5, 5.41) is 3.10. The number of hydrogen-bond donors (Lipinski definition) is 0. The highest BCUT2D eigenvalue weighted by atomic mass is 35.5. The van der Waals surface area contributed by atoms with Crippen LogP contribution in [0.15, 0.2) is 72.8 Å². The van der Waals surface area contributed by atoms with Gasteiger partial charge < -0.3 is 4.57 Å². The molecule has 0 atom stereocenters. The Balaban J connectivity index is 1.71. The second kappa shape index (κ2) is 6.52. The van der Waals surface area contributed by atoms with E-state index < -0.39 is 0 Å². The maximum atomic E-state index is 6.05. The molecule has 2 aromatic heterocycles. The largest absolute Gasteiger partial charge is 0.340 e. The van der Waals surface area contributed by atoms with Crippen LogP contribution in [0.2, 0.25) is 5.02 Å². The molecule has 132 valence electrons. The number of hydrogen-bond acceptors (Lipinski definition) is 2. The van der Waals surface area contributed by atoms with Crippen molar-refractivity contribution in [2.45, 2.75) is 13.5 Å². The lowest BCUT2D eigenvalue weighted by Gasteiger charge is -2.09. The lowest BCUT2D eigenvalue weighted by atomic mass is 10.1. The normalized spacial score (nSPS) is 11.5. The molecule has 0 aliphatic heterocycles. The zero-order chi connectivity index (χ0) is 18.4. The first kappa shape index (κ1) is 16.5. The van der Waals surface area contributed by atoms with E-state index in [0.717, 1.165) is 22.1 Å². The summed E-state index contributed by atoms with van der Waals surface area (Å²) in [7, 11) is 0. The molecule has 0 aliphatic rings. The van der Waals surface area contributed by atoms with Gasteiger partial charge in [-0.25, -0.2) is 4.98 Å². The van der Waals surface area contributed by atoms with Gasteiger partial charge >= 0.3 is 0 Å². The number of fused-ring (bicyclic) bond motifs is 2. The molecule has 5 rings (SSSR count). The summed E-state index contributed by atoms with van der Waals surface area (Å²) in [5.74, 6) is 0. The maximum Gasteiger partial charge on any atom is 0.127 e. The first-order valence-electron chi connectivity index (χ1n) is 8.89. The highest BCUT2D eigenvalue weighted by Gasteiger charge is 2.18. The molecule has 0 fully saturated rings. The Bertz CT molecular complexity index is 1230. The number of nitrogens with zero attached hydrogens (tertiary/aromatic N) is 2. The van der Waals surface area contributed by atoms with Crippen molar-refractivity contribution >= 4 is 44.1 Å². The second-order valence-corrected chi connectivity index (χ2v) is 8.14. The molecule has 27 heavy (non-hydrogen) atoms. The topological polar surface area (TPSA) is 17.8 Å². The van der Waals surface area contributed by atoms with Crippen LogP contribution in [-0.2, 0) is 6.54 Å². The molecule has 0 unspecified atom stereocenters. The van der Waals surface area contributed by atoms with Gasteiger partial charge in [-0.15, -0.1) is 11.3 Å². The molecule has 0 aliphatic carbocycles. The minimum absolute atomic E-state index is 0.767. The Labute approximate surface area is 166 Å². The van der Waals surface area contributed by atoms with E-state index in [1.165, 1.54) is 32.4 Å². The van der Waals surface area contributed by atoms with E-state index in [9.17, 15) is 0 Å². The van der Waals surface area contributed by atoms with Crippen LogP contribution in [0, 0.1) is 6.92 Å². The van der Waals surface area contributed by atoms with Gasteiger partial charge in [0.25, 0.3) is 0 Å². The molecule has 5 aromatic rings. The first-order chi connectivity index (χ1) is 13.2. The van der Waals surface area contributed by atoms with Gasteiger partial charge in [-0.2, -0.15) is 0 Å². The van der Waals surface area contributed by atoms with Gasteiger partial charge in [-0.1, -0.05) is 54.1 Å². The van der Waals surface area contributed by atoms with Gasteiger partial charge in [0.05, 0.1) is 10.2 Å². The van der Waals surface area contributed by atoms with Crippen LogP contribution in [-0.4, -0.2) is 9.55 Å². The van der Waals surface area contributed by atoms with Crippen molar-refractivity contribution in [1.29, 1.82) is 0 Å². The Hall–Kier alpha value is -2.62. The van der Waals surface area contributed by atoms with Crippen molar-refractivity contribution in [2.24, 2.45) is 0 Å². The molecule has 4 heteroatoms. The standard InChI is InChI=1S/C23H17ClN2S/c1-15-22(23-25-19-7-3-5-9-21(19)27-23)18-6-2-4-8-20(18)26(15)14-16-10-12-17(24)13-11-16/h2-13H,14H2,1H3. The molecule has 2 heterocycles. The predicted octanol–water partition coefficient (Wildman–Crippen LogP) is 6.93. The van der Waals surface area contributed by atoms with Gasteiger partial charge in [0.2, 0.25) is 0 Å². The van der Waals surface area contributed by atoms with Crippen molar-refractivity contribution < 1.29 is 0 Å². The van der Waals surface area contributed by atoms with Crippen LogP contribution < -0.4 is 0 Å². The molecular formula is C23H17ClN2S. The number of aromatic nitrogens is 2. The van der Waals surface area contributed by atoms with E-state index in [1.54, 1.807) is 11.3 Å². The lowest BCUT2D eigenvalue weighted by Crippen LogP contribution is -2.01. The van der Waals surface area contributed by atoms with E-state index >= 15 is 0 Å². The van der Waals surface area contributed by atoms with Crippen molar-refractivity contribution in [3.8, 4) is 10.6 Å². The molecule has 0 bridgehead atoms. The zero-order valence-corrected chi connectivity index (χ0v) is 16.4. The first-order valence-corrected chi connectivity index (χ1v) is 10.1. The zero-order valence-electron chi connectivity index (χ0n) is 14.8. The SMILES string of the molecule is Cc1c(-c2nc3ccccc3s2)c2ccccc2n1Cc1ccc(Cl)cc1. The van der Waals surface area contributed by atoms with Crippen molar-refractivity contribution in [2.75, 3.05) is 0 Å². The molecule has 0 radical (unpaired) electrons. The quantitative estimate of drug-likeness (QED) is 0.327. The van der Waals surface area contributed by atoms with E-state index in [1.807, 2.05) is 18.2 Å². The fourth-order valence-electron chi connectivity index (χ4n) is 3.66. The summed E-state index contributed by atoms with van der Waals surface area (Å²) in [6.07, 6.45) is 0. The predicted molar refractivity (Wildman–Crippen MR) is 116 cm³/mol. The van der Waals surface area contributed by atoms with E-state index in [-0.39, 0.29) is 0 Å². The second-order valence-electron chi connectivity index (χ2n) is 6.68. The Kier molecular flexibility index (Phi) is 4.00. The monoisotopic (exact) mass is 388 g/mol. The number of thiazole rings is 1. The van der Waals surface area contributed by atoms with Crippen LogP contribution in [0.5, 0.6) is 0 Å². The van der Waals surface area contributed by atoms with Crippen molar-refractivity contribution in [1.82, 2.24) is 9.55 Å².